The molecule has 2 aromatic carbocycles. The maximum Gasteiger partial charge on any atom is 0.409 e. The third kappa shape index (κ3) is 5.77. The summed E-state index contributed by atoms with van der Waals surface area (Å²) in [5.41, 5.74) is 3.61. The van der Waals surface area contributed by atoms with E-state index in [0.717, 1.165) is 16.7 Å². The van der Waals surface area contributed by atoms with Crippen molar-refractivity contribution in [3.63, 3.8) is 0 Å². The van der Waals surface area contributed by atoms with Gasteiger partial charge in [0.05, 0.1) is 12.3 Å². The molecule has 0 aliphatic carbocycles. The molecule has 1 atom stereocenters. The molecule has 1 unspecified atom stereocenters. The summed E-state index contributed by atoms with van der Waals surface area (Å²) >= 11 is 0. The van der Waals surface area contributed by atoms with E-state index in [1.807, 2.05) is 69.3 Å². The molecule has 0 saturated carbocycles. The monoisotopic (exact) mass is 451 g/mol. The molecule has 1 heterocycles. The van der Waals surface area contributed by atoms with Gasteiger partial charge in [0.1, 0.15) is 13.2 Å². The van der Waals surface area contributed by atoms with Crippen molar-refractivity contribution in [2.45, 2.75) is 40.5 Å². The number of aryl methyl sites for hydroxylation is 1. The maximum atomic E-state index is 13.5. The molecule has 0 spiro atoms. The lowest BCUT2D eigenvalue weighted by Gasteiger charge is -2.26. The zero-order valence-corrected chi connectivity index (χ0v) is 19.3. The molecule has 8 heteroatoms. The van der Waals surface area contributed by atoms with Crippen molar-refractivity contribution in [1.82, 2.24) is 5.32 Å². The van der Waals surface area contributed by atoms with Gasteiger partial charge in [0.2, 0.25) is 6.17 Å². The second-order valence-corrected chi connectivity index (χ2v) is 7.98. The number of para-hydroxylation sites is 1. The van der Waals surface area contributed by atoms with Crippen LogP contribution in [0.3, 0.4) is 0 Å². The Morgan fingerprint density at radius 2 is 1.82 bits per heavy atom. The Morgan fingerprint density at radius 3 is 2.48 bits per heavy atom. The normalized spacial score (nSPS) is 15.4. The Morgan fingerprint density at radius 1 is 1.09 bits per heavy atom. The number of carbonyl (C=O) groups is 3. The van der Waals surface area contributed by atoms with Gasteiger partial charge < -0.3 is 9.47 Å². The molecule has 174 valence electrons. The summed E-state index contributed by atoms with van der Waals surface area (Å²) in [4.78, 5) is 44.3. The van der Waals surface area contributed by atoms with Gasteiger partial charge in [0.15, 0.2) is 0 Å². The largest absolute Gasteiger partial charge is 0.465 e. The predicted octanol–water partition coefficient (Wildman–Crippen LogP) is 3.60. The Hall–Kier alpha value is -3.68. The van der Waals surface area contributed by atoms with Crippen LogP contribution in [0.2, 0.25) is 0 Å². The summed E-state index contributed by atoms with van der Waals surface area (Å²) in [6.07, 6.45) is -2.02. The average molecular weight is 452 g/mol. The Labute approximate surface area is 193 Å². The van der Waals surface area contributed by atoms with E-state index < -0.39 is 24.1 Å². The van der Waals surface area contributed by atoms with Crippen LogP contribution in [0.4, 0.5) is 10.5 Å². The van der Waals surface area contributed by atoms with E-state index in [1.165, 1.54) is 4.90 Å². The lowest BCUT2D eigenvalue weighted by Crippen LogP contribution is -2.49. The van der Waals surface area contributed by atoms with Crippen LogP contribution in [0.1, 0.15) is 37.5 Å². The molecule has 0 aromatic heterocycles. The quantitative estimate of drug-likeness (QED) is 0.649. The minimum absolute atomic E-state index is 0.0365. The number of fused-ring (bicyclic) bond motifs is 1. The van der Waals surface area contributed by atoms with Crippen LogP contribution in [0.15, 0.2) is 53.5 Å². The number of carbonyl (C=O) groups excluding carboxylic acids is 3. The number of rotatable bonds is 7. The number of ether oxygens (including phenoxy) is 2. The third-order valence-electron chi connectivity index (χ3n) is 5.16. The fourth-order valence-electron chi connectivity index (χ4n) is 3.67. The van der Waals surface area contributed by atoms with Crippen LogP contribution in [0, 0.1) is 12.8 Å². The number of anilines is 1. The average Bonchev–Trinajstić information content (AvgIpc) is 2.90. The number of benzodiazepines with no additional fused rings is 1. The van der Waals surface area contributed by atoms with Crippen molar-refractivity contribution in [1.29, 1.82) is 0 Å². The summed E-state index contributed by atoms with van der Waals surface area (Å²) in [6, 6.07) is 14.8. The van der Waals surface area contributed by atoms with Crippen LogP contribution < -0.4 is 10.2 Å². The summed E-state index contributed by atoms with van der Waals surface area (Å²) in [5.74, 6) is -1.12. The molecular weight excluding hydrogens is 422 g/mol. The van der Waals surface area contributed by atoms with Crippen LogP contribution in [-0.4, -0.2) is 43.0 Å². The van der Waals surface area contributed by atoms with E-state index in [0.29, 0.717) is 11.4 Å². The second kappa shape index (κ2) is 10.8. The molecular formula is C25H29N3O5. The first-order valence-corrected chi connectivity index (χ1v) is 10.9. The number of esters is 1. The van der Waals surface area contributed by atoms with Crippen LogP contribution in [-0.2, 0) is 25.7 Å². The van der Waals surface area contributed by atoms with E-state index in [4.69, 9.17) is 9.47 Å². The summed E-state index contributed by atoms with van der Waals surface area (Å²) in [6.45, 7) is 7.45. The fraction of sp³-hybridized carbons (Fsp3) is 0.360. The highest BCUT2D eigenvalue weighted by molar-refractivity contribution is 6.15. The molecule has 2 aromatic rings. The van der Waals surface area contributed by atoms with Gasteiger partial charge in [0.25, 0.3) is 5.91 Å². The van der Waals surface area contributed by atoms with Crippen molar-refractivity contribution in [3.8, 4) is 0 Å². The van der Waals surface area contributed by atoms with E-state index in [2.05, 4.69) is 10.3 Å². The lowest BCUT2D eigenvalue weighted by molar-refractivity contribution is -0.142. The van der Waals surface area contributed by atoms with Crippen molar-refractivity contribution in [3.05, 3.63) is 65.2 Å². The first kappa shape index (κ1) is 24.0. The number of nitrogens with one attached hydrogen (secondary N) is 1. The van der Waals surface area contributed by atoms with E-state index >= 15 is 0 Å². The lowest BCUT2D eigenvalue weighted by atomic mass is 9.96. The number of aliphatic imine (C=N–C) groups is 1. The van der Waals surface area contributed by atoms with Gasteiger partial charge in [-0.15, -0.1) is 0 Å². The second-order valence-electron chi connectivity index (χ2n) is 7.98. The summed E-state index contributed by atoms with van der Waals surface area (Å²) < 4.78 is 10.4. The number of hydrogen-bond donors (Lipinski definition) is 1. The van der Waals surface area contributed by atoms with Gasteiger partial charge >= 0.3 is 12.1 Å². The van der Waals surface area contributed by atoms with Crippen molar-refractivity contribution in [2.24, 2.45) is 10.9 Å². The molecule has 8 nitrogen and oxygen atoms in total. The zero-order valence-electron chi connectivity index (χ0n) is 19.3. The van der Waals surface area contributed by atoms with Gasteiger partial charge in [-0.2, -0.15) is 0 Å². The smallest absolute Gasteiger partial charge is 0.409 e. The van der Waals surface area contributed by atoms with Crippen LogP contribution in [0.5, 0.6) is 0 Å². The summed E-state index contributed by atoms with van der Waals surface area (Å²) in [7, 11) is 0. The fourth-order valence-corrected chi connectivity index (χ4v) is 3.67. The highest BCUT2D eigenvalue weighted by atomic mass is 16.5. The molecule has 0 fully saturated rings. The van der Waals surface area contributed by atoms with Crippen LogP contribution >= 0.6 is 0 Å². The van der Waals surface area contributed by atoms with Crippen molar-refractivity contribution in [2.75, 3.05) is 18.1 Å². The molecule has 3 rings (SSSR count). The molecule has 1 aliphatic rings. The molecule has 0 bridgehead atoms. The Bertz CT molecular complexity index is 1050. The first-order chi connectivity index (χ1) is 15.8. The standard InChI is InChI=1S/C25H29N3O5/c1-5-32-20(29)14-28-22-17(4)10-9-13-19(22)21(16(2)3)26-23(24(28)30)27-25(31)33-15-18-11-7-6-8-12-18/h6-13,16,23H,5,14-15H2,1-4H3,(H,27,31). The minimum Gasteiger partial charge on any atom is -0.465 e. The topological polar surface area (TPSA) is 97.3 Å². The van der Waals surface area contributed by atoms with E-state index in [9.17, 15) is 14.4 Å². The number of nitrogens with zero attached hydrogens (tertiary/aromatic N) is 2. The molecule has 33 heavy (non-hydrogen) atoms. The van der Waals surface area contributed by atoms with Gasteiger partial charge in [-0.25, -0.2) is 4.79 Å². The molecule has 1 aliphatic heterocycles. The van der Waals surface area contributed by atoms with E-state index in [1.54, 1.807) is 6.92 Å². The van der Waals surface area contributed by atoms with Gasteiger partial charge in [-0.3, -0.25) is 24.8 Å². The molecule has 2 amide bonds. The predicted molar refractivity (Wildman–Crippen MR) is 125 cm³/mol. The minimum atomic E-state index is -1.24. The number of amides is 2. The first-order valence-electron chi connectivity index (χ1n) is 10.9. The number of benzene rings is 2. The maximum absolute atomic E-state index is 13.5. The van der Waals surface area contributed by atoms with Crippen molar-refractivity contribution < 1.29 is 23.9 Å². The molecule has 0 radical (unpaired) electrons. The number of alkyl carbamates (subject to hydrolysis) is 1. The molecule has 0 saturated heterocycles. The zero-order chi connectivity index (χ0) is 24.0. The highest BCUT2D eigenvalue weighted by Crippen LogP contribution is 2.31. The van der Waals surface area contributed by atoms with Gasteiger partial charge in [0, 0.05) is 11.3 Å². The van der Waals surface area contributed by atoms with Gasteiger partial charge in [-0.05, 0) is 30.9 Å². The summed E-state index contributed by atoms with van der Waals surface area (Å²) in [5, 5.41) is 2.56. The SMILES string of the molecule is CCOC(=O)CN1C(=O)C(NC(=O)OCc2ccccc2)N=C(C(C)C)c2cccc(C)c21. The Balaban J connectivity index is 1.92. The Kier molecular flexibility index (Phi) is 7.82. The van der Waals surface area contributed by atoms with E-state index in [-0.39, 0.29) is 25.7 Å². The van der Waals surface area contributed by atoms with Crippen LogP contribution in [0.25, 0.3) is 0 Å². The molecule has 1 N–H and O–H groups in total. The van der Waals surface area contributed by atoms with Gasteiger partial charge in [-0.1, -0.05) is 62.4 Å². The highest BCUT2D eigenvalue weighted by Gasteiger charge is 2.35. The number of hydrogen-bond acceptors (Lipinski definition) is 6. The van der Waals surface area contributed by atoms with Crippen molar-refractivity contribution >= 4 is 29.4 Å². The third-order valence-corrected chi connectivity index (χ3v) is 5.16.